The molecule has 210 valence electrons. The molecular weight excluding hydrogens is 498 g/mol. The number of nitrogens with zero attached hydrogens (tertiary/aromatic N) is 3. The summed E-state index contributed by atoms with van der Waals surface area (Å²) in [4.78, 5) is 8.63. The third-order valence-electron chi connectivity index (χ3n) is 7.90. The molecule has 2 N–H and O–H groups in total. The number of ether oxygens (including phenoxy) is 3. The van der Waals surface area contributed by atoms with Crippen molar-refractivity contribution in [3.05, 3.63) is 18.1 Å². The van der Waals surface area contributed by atoms with Gasteiger partial charge in [0.25, 0.3) is 0 Å². The summed E-state index contributed by atoms with van der Waals surface area (Å²) in [6, 6.07) is -0.913. The second-order valence-corrected chi connectivity index (χ2v) is 16.6. The van der Waals surface area contributed by atoms with Gasteiger partial charge in [-0.1, -0.05) is 60.6 Å². The Labute approximate surface area is 220 Å². The lowest BCUT2D eigenvalue weighted by Gasteiger charge is -2.38. The number of methoxy groups -OCH3 is 1. The Morgan fingerprint density at radius 2 is 1.78 bits per heavy atom. The molecule has 0 aliphatic carbocycles. The van der Waals surface area contributed by atoms with Crippen molar-refractivity contribution in [1.82, 2.24) is 19.5 Å². The molecule has 0 aromatic carbocycles. The van der Waals surface area contributed by atoms with Gasteiger partial charge in [0.15, 0.2) is 8.24 Å². The number of alkyl halides is 2. The fraction of sp³-hybridized carbons (Fsp3) is 0.769. The summed E-state index contributed by atoms with van der Waals surface area (Å²) in [6.07, 6.45) is 4.53. The van der Waals surface area contributed by atoms with E-state index in [1.165, 1.54) is 13.4 Å². The lowest BCUT2D eigenvalue weighted by atomic mass is 9.97. The predicted octanol–water partition coefficient (Wildman–Crippen LogP) is 5.05. The molecule has 1 aliphatic heterocycles. The maximum absolute atomic E-state index is 16.3. The smallest absolute Gasteiger partial charge is 0.321 e. The number of hydrogen-bond acceptors (Lipinski definition) is 7. The van der Waals surface area contributed by atoms with Gasteiger partial charge < -0.3 is 23.5 Å². The van der Waals surface area contributed by atoms with Gasteiger partial charge in [-0.25, -0.2) is 4.98 Å². The van der Waals surface area contributed by atoms with Crippen molar-refractivity contribution in [3.63, 3.8) is 0 Å². The van der Waals surface area contributed by atoms with Gasteiger partial charge in [0.05, 0.1) is 19.8 Å². The van der Waals surface area contributed by atoms with Crippen LogP contribution < -0.4 is 10.1 Å². The van der Waals surface area contributed by atoms with Gasteiger partial charge in [0.1, 0.15) is 23.5 Å². The second kappa shape index (κ2) is 11.2. The number of fused-ring (bicyclic) bond motifs is 1. The predicted molar refractivity (Wildman–Crippen MR) is 143 cm³/mol. The van der Waals surface area contributed by atoms with Crippen LogP contribution in [0.1, 0.15) is 65.9 Å². The molecule has 1 saturated heterocycles. The summed E-state index contributed by atoms with van der Waals surface area (Å²) >= 11 is 0. The molecule has 2 aromatic rings. The Balaban J connectivity index is 2.17. The molecule has 3 heterocycles. The number of rotatable bonds is 12. The minimum atomic E-state index is -3.66. The first-order valence-corrected chi connectivity index (χ1v) is 16.2. The van der Waals surface area contributed by atoms with Crippen LogP contribution in [0.4, 0.5) is 8.78 Å². The van der Waals surface area contributed by atoms with Gasteiger partial charge in [-0.2, -0.15) is 13.8 Å². The highest BCUT2D eigenvalue weighted by atomic mass is 28.3. The molecule has 8 nitrogen and oxygen atoms in total. The number of unbranched alkanes of at least 4 members (excludes halogenated alkanes) is 2. The number of nitrogens with one attached hydrogen (secondary N) is 1. The molecule has 0 radical (unpaired) electrons. The van der Waals surface area contributed by atoms with E-state index in [0.717, 1.165) is 19.3 Å². The number of aliphatic hydroxyl groups is 1. The standard InChI is InChI=1S/C26H44F2N4O4Si/c1-9-11-13-35-16-19-22(36-14-12-10-2)25(27,28)26(33,31-19)18-15-32(37(7,8)24(3,4)5)21-20(18)29-17-30-23(21)34-6/h15,17,19,22,31,33H,9-14,16H2,1-8H3/t19-,22-,26?/m1/s1. The van der Waals surface area contributed by atoms with E-state index in [2.05, 4.69) is 49.1 Å². The first-order valence-electron chi connectivity index (χ1n) is 13.3. The summed E-state index contributed by atoms with van der Waals surface area (Å²) in [7, 11) is -0.887. The van der Waals surface area contributed by atoms with Crippen molar-refractivity contribution in [2.24, 2.45) is 0 Å². The molecule has 1 fully saturated rings. The summed E-state index contributed by atoms with van der Waals surface area (Å²) in [5.41, 5.74) is -2.01. The zero-order chi connectivity index (χ0) is 27.6. The van der Waals surface area contributed by atoms with Crippen LogP contribution >= 0.6 is 0 Å². The zero-order valence-corrected chi connectivity index (χ0v) is 24.5. The van der Waals surface area contributed by atoms with Crippen molar-refractivity contribution >= 4 is 19.3 Å². The SMILES string of the molecule is CCCCOC[C@H]1NC(O)(c2cn([Si](C)(C)C(C)(C)C)c3c(OC)ncnc23)C(F)(F)[C@@H]1OCCCC. The molecule has 0 bridgehead atoms. The first-order chi connectivity index (χ1) is 17.3. The van der Waals surface area contributed by atoms with Crippen molar-refractivity contribution in [3.8, 4) is 5.88 Å². The minimum Gasteiger partial charge on any atom is -0.479 e. The Hall–Kier alpha value is -1.66. The molecular formula is C26H44F2N4O4Si. The van der Waals surface area contributed by atoms with Gasteiger partial charge in [0.2, 0.25) is 11.6 Å². The fourth-order valence-corrected chi connectivity index (χ4v) is 6.50. The highest BCUT2D eigenvalue weighted by molar-refractivity contribution is 6.79. The van der Waals surface area contributed by atoms with Gasteiger partial charge >= 0.3 is 5.92 Å². The molecule has 0 spiro atoms. The van der Waals surface area contributed by atoms with Crippen LogP contribution in [-0.2, 0) is 15.2 Å². The van der Waals surface area contributed by atoms with E-state index < -0.39 is 32.0 Å². The second-order valence-electron chi connectivity index (χ2n) is 11.5. The van der Waals surface area contributed by atoms with Crippen LogP contribution in [0.3, 0.4) is 0 Å². The van der Waals surface area contributed by atoms with Gasteiger partial charge in [0, 0.05) is 25.0 Å². The largest absolute Gasteiger partial charge is 0.479 e. The zero-order valence-electron chi connectivity index (χ0n) is 23.5. The average Bonchev–Trinajstić information content (AvgIpc) is 3.31. The third-order valence-corrected chi connectivity index (χ3v) is 13.1. The van der Waals surface area contributed by atoms with Crippen LogP contribution in [0.2, 0.25) is 18.1 Å². The van der Waals surface area contributed by atoms with E-state index in [4.69, 9.17) is 14.2 Å². The first kappa shape index (κ1) is 29.9. The number of halogens is 2. The molecule has 2 aromatic heterocycles. The Kier molecular flexibility index (Phi) is 9.06. The van der Waals surface area contributed by atoms with Crippen molar-refractivity contribution < 1.29 is 28.1 Å². The van der Waals surface area contributed by atoms with Gasteiger partial charge in [-0.15, -0.1) is 0 Å². The maximum Gasteiger partial charge on any atom is 0.321 e. The summed E-state index contributed by atoms with van der Waals surface area (Å²) in [5, 5.41) is 14.5. The summed E-state index contributed by atoms with van der Waals surface area (Å²) in [6.45, 7) is 15.3. The lowest BCUT2D eigenvalue weighted by molar-refractivity contribution is -0.220. The van der Waals surface area contributed by atoms with E-state index in [9.17, 15) is 5.11 Å². The molecule has 0 amide bonds. The molecule has 1 aliphatic rings. The maximum atomic E-state index is 16.3. The van der Waals surface area contributed by atoms with Crippen LogP contribution in [0.5, 0.6) is 5.88 Å². The minimum absolute atomic E-state index is 0.00608. The Bertz CT molecular complexity index is 1060. The molecule has 3 atom stereocenters. The molecule has 3 rings (SSSR count). The van der Waals surface area contributed by atoms with Gasteiger partial charge in [-0.3, -0.25) is 5.32 Å². The van der Waals surface area contributed by atoms with Crippen molar-refractivity contribution in [2.45, 2.75) is 102 Å². The Morgan fingerprint density at radius 3 is 2.38 bits per heavy atom. The third kappa shape index (κ3) is 5.30. The topological polar surface area (TPSA) is 90.7 Å². The van der Waals surface area contributed by atoms with E-state index in [1.54, 1.807) is 6.20 Å². The summed E-state index contributed by atoms with van der Waals surface area (Å²) in [5.74, 6) is -3.38. The van der Waals surface area contributed by atoms with Crippen molar-refractivity contribution in [1.29, 1.82) is 0 Å². The molecule has 0 saturated carbocycles. The van der Waals surface area contributed by atoms with E-state index in [1.807, 2.05) is 18.1 Å². The molecule has 11 heteroatoms. The van der Waals surface area contributed by atoms with E-state index >= 15 is 8.78 Å². The lowest BCUT2D eigenvalue weighted by Crippen LogP contribution is -2.52. The van der Waals surface area contributed by atoms with E-state index in [0.29, 0.717) is 18.5 Å². The highest BCUT2D eigenvalue weighted by Crippen LogP contribution is 2.50. The van der Waals surface area contributed by atoms with Crippen LogP contribution in [0.25, 0.3) is 11.0 Å². The van der Waals surface area contributed by atoms with Crippen LogP contribution in [0, 0.1) is 0 Å². The van der Waals surface area contributed by atoms with E-state index in [-0.39, 0.29) is 35.2 Å². The van der Waals surface area contributed by atoms with Crippen LogP contribution in [-0.4, -0.2) is 72.5 Å². The monoisotopic (exact) mass is 542 g/mol. The molecule has 37 heavy (non-hydrogen) atoms. The normalized spacial score (nSPS) is 24.2. The van der Waals surface area contributed by atoms with Gasteiger partial charge in [-0.05, 0) is 17.9 Å². The average molecular weight is 543 g/mol. The Morgan fingerprint density at radius 1 is 1.14 bits per heavy atom. The van der Waals surface area contributed by atoms with Crippen LogP contribution in [0.15, 0.2) is 12.5 Å². The summed E-state index contributed by atoms with van der Waals surface area (Å²) < 4.78 is 51.5. The number of aromatic nitrogens is 3. The highest BCUT2D eigenvalue weighted by Gasteiger charge is 2.69. The fourth-order valence-electron chi connectivity index (χ4n) is 4.57. The number of hydrogen-bond donors (Lipinski definition) is 2. The van der Waals surface area contributed by atoms with Crippen molar-refractivity contribution in [2.75, 3.05) is 26.9 Å². The quantitative estimate of drug-likeness (QED) is 0.287. The molecule has 1 unspecified atom stereocenters.